The minimum absolute atomic E-state index is 0.127. The van der Waals surface area contributed by atoms with Crippen LogP contribution in [0, 0.1) is 0 Å². The molecule has 33 heavy (non-hydrogen) atoms. The van der Waals surface area contributed by atoms with Gasteiger partial charge in [-0.2, -0.15) is 0 Å². The number of carbonyl (C=O) groups excluding carboxylic acids is 1. The maximum absolute atomic E-state index is 13.1. The predicted molar refractivity (Wildman–Crippen MR) is 121 cm³/mol. The number of carbonyl (C=O) groups is 1. The van der Waals surface area contributed by atoms with Crippen LogP contribution in [0.2, 0.25) is 0 Å². The van der Waals surface area contributed by atoms with Crippen molar-refractivity contribution >= 4 is 5.91 Å². The van der Waals surface area contributed by atoms with Gasteiger partial charge in [-0.1, -0.05) is 17.3 Å². The third-order valence-corrected chi connectivity index (χ3v) is 5.26. The molecule has 2 heterocycles. The summed E-state index contributed by atoms with van der Waals surface area (Å²) in [5.41, 5.74) is 1.60. The maximum Gasteiger partial charge on any atom is 0.274 e. The fraction of sp³-hybridized carbons (Fsp3) is 0.208. The Labute approximate surface area is 190 Å². The molecule has 0 aliphatic carbocycles. The standard InChI is InChI=1S/C24H24N4O5/c1-28-12-11-25-23(28)22(15-5-7-16(30-2)8-6-15)26-24(29)19-14-21(33-27-19)18-13-17(31-3)9-10-20(18)32-4/h5-14,22H,1-4H3,(H,26,29). The van der Waals surface area contributed by atoms with Crippen LogP contribution in [0.4, 0.5) is 0 Å². The Hall–Kier alpha value is -4.27. The number of amides is 1. The van der Waals surface area contributed by atoms with Crippen molar-refractivity contribution in [1.29, 1.82) is 0 Å². The van der Waals surface area contributed by atoms with E-state index >= 15 is 0 Å². The average Bonchev–Trinajstić information content (AvgIpc) is 3.51. The molecule has 4 aromatic rings. The Morgan fingerprint density at radius 3 is 2.36 bits per heavy atom. The molecule has 9 heteroatoms. The van der Waals surface area contributed by atoms with Crippen LogP contribution in [-0.4, -0.2) is 41.9 Å². The third-order valence-electron chi connectivity index (χ3n) is 5.26. The van der Waals surface area contributed by atoms with Crippen LogP contribution in [0.15, 0.2) is 65.4 Å². The number of imidazole rings is 1. The number of benzene rings is 2. The van der Waals surface area contributed by atoms with Crippen molar-refractivity contribution in [3.05, 3.63) is 78.0 Å². The van der Waals surface area contributed by atoms with Crippen molar-refractivity contribution in [1.82, 2.24) is 20.0 Å². The summed E-state index contributed by atoms with van der Waals surface area (Å²) in [6.07, 6.45) is 3.50. The molecule has 0 radical (unpaired) electrons. The molecule has 1 amide bonds. The number of nitrogens with one attached hydrogen (secondary N) is 1. The molecular weight excluding hydrogens is 424 g/mol. The lowest BCUT2D eigenvalue weighted by Gasteiger charge is -2.18. The van der Waals surface area contributed by atoms with Gasteiger partial charge in [-0.05, 0) is 35.9 Å². The minimum atomic E-state index is -0.505. The second-order valence-electron chi connectivity index (χ2n) is 7.22. The molecule has 2 aromatic carbocycles. The van der Waals surface area contributed by atoms with Gasteiger partial charge in [0.05, 0.1) is 26.9 Å². The number of ether oxygens (including phenoxy) is 3. The molecule has 4 rings (SSSR count). The van der Waals surface area contributed by atoms with E-state index in [0.717, 1.165) is 11.3 Å². The Kier molecular flexibility index (Phi) is 6.30. The molecule has 9 nitrogen and oxygen atoms in total. The minimum Gasteiger partial charge on any atom is -0.497 e. The summed E-state index contributed by atoms with van der Waals surface area (Å²) in [6, 6.07) is 13.8. The molecular formula is C24H24N4O5. The van der Waals surface area contributed by atoms with Crippen molar-refractivity contribution < 1.29 is 23.5 Å². The van der Waals surface area contributed by atoms with E-state index in [4.69, 9.17) is 18.7 Å². The maximum atomic E-state index is 13.1. The molecule has 0 saturated carbocycles. The van der Waals surface area contributed by atoms with Crippen molar-refractivity contribution in [2.45, 2.75) is 6.04 Å². The van der Waals surface area contributed by atoms with Gasteiger partial charge >= 0.3 is 0 Å². The monoisotopic (exact) mass is 448 g/mol. The quantitative estimate of drug-likeness (QED) is 0.439. The van der Waals surface area contributed by atoms with Crippen LogP contribution in [-0.2, 0) is 7.05 Å². The highest BCUT2D eigenvalue weighted by atomic mass is 16.5. The van der Waals surface area contributed by atoms with Crippen LogP contribution in [0.5, 0.6) is 17.2 Å². The van der Waals surface area contributed by atoms with Gasteiger partial charge < -0.3 is 28.6 Å². The molecule has 0 aliphatic rings. The number of nitrogens with zero attached hydrogens (tertiary/aromatic N) is 3. The van der Waals surface area contributed by atoms with Crippen LogP contribution in [0.3, 0.4) is 0 Å². The second-order valence-corrected chi connectivity index (χ2v) is 7.22. The number of aryl methyl sites for hydroxylation is 1. The first-order valence-corrected chi connectivity index (χ1v) is 10.1. The van der Waals surface area contributed by atoms with Gasteiger partial charge in [-0.25, -0.2) is 4.98 Å². The number of methoxy groups -OCH3 is 3. The summed E-state index contributed by atoms with van der Waals surface area (Å²) in [6.45, 7) is 0. The predicted octanol–water partition coefficient (Wildman–Crippen LogP) is 3.62. The SMILES string of the molecule is COc1ccc(C(NC(=O)c2cc(-c3cc(OC)ccc3OC)on2)c2nccn2C)cc1. The van der Waals surface area contributed by atoms with Gasteiger partial charge in [0.25, 0.3) is 5.91 Å². The lowest BCUT2D eigenvalue weighted by molar-refractivity contribution is 0.0932. The molecule has 0 aliphatic heterocycles. The summed E-state index contributed by atoms with van der Waals surface area (Å²) < 4.78 is 23.3. The molecule has 1 N–H and O–H groups in total. The highest BCUT2D eigenvalue weighted by Crippen LogP contribution is 2.34. The van der Waals surface area contributed by atoms with E-state index < -0.39 is 11.9 Å². The summed E-state index contributed by atoms with van der Waals surface area (Å²) in [5, 5.41) is 6.98. The zero-order valence-electron chi connectivity index (χ0n) is 18.7. The second kappa shape index (κ2) is 9.47. The normalized spacial score (nSPS) is 11.6. The Balaban J connectivity index is 1.63. The van der Waals surface area contributed by atoms with Crippen LogP contribution in [0.1, 0.15) is 27.9 Å². The highest BCUT2D eigenvalue weighted by Gasteiger charge is 2.24. The molecule has 0 bridgehead atoms. The molecule has 1 unspecified atom stereocenters. The van der Waals surface area contributed by atoms with Crippen LogP contribution < -0.4 is 19.5 Å². The molecule has 0 fully saturated rings. The smallest absolute Gasteiger partial charge is 0.274 e. The molecule has 0 saturated heterocycles. The number of hydrogen-bond donors (Lipinski definition) is 1. The van der Waals surface area contributed by atoms with Gasteiger partial charge in [0.15, 0.2) is 11.5 Å². The zero-order valence-corrected chi connectivity index (χ0v) is 18.7. The first-order chi connectivity index (χ1) is 16.0. The molecule has 1 atom stereocenters. The van der Waals surface area contributed by atoms with E-state index in [9.17, 15) is 4.79 Å². The van der Waals surface area contributed by atoms with E-state index in [1.54, 1.807) is 51.8 Å². The first-order valence-electron chi connectivity index (χ1n) is 10.1. The van der Waals surface area contributed by atoms with E-state index in [-0.39, 0.29) is 5.69 Å². The van der Waals surface area contributed by atoms with Crippen LogP contribution in [0.25, 0.3) is 11.3 Å². The van der Waals surface area contributed by atoms with Crippen molar-refractivity contribution in [3.63, 3.8) is 0 Å². The summed E-state index contributed by atoms with van der Waals surface area (Å²) in [4.78, 5) is 17.5. The van der Waals surface area contributed by atoms with Gasteiger partial charge in [0.1, 0.15) is 29.1 Å². The summed E-state index contributed by atoms with van der Waals surface area (Å²) >= 11 is 0. The van der Waals surface area contributed by atoms with Gasteiger partial charge in [-0.3, -0.25) is 4.79 Å². The lowest BCUT2D eigenvalue weighted by atomic mass is 10.1. The van der Waals surface area contributed by atoms with Gasteiger partial charge in [-0.15, -0.1) is 0 Å². The topological polar surface area (TPSA) is 101 Å². The molecule has 170 valence electrons. The fourth-order valence-corrected chi connectivity index (χ4v) is 3.47. The Morgan fingerprint density at radius 1 is 1.00 bits per heavy atom. The van der Waals surface area contributed by atoms with Crippen molar-refractivity contribution in [2.75, 3.05) is 21.3 Å². The Morgan fingerprint density at radius 2 is 1.73 bits per heavy atom. The van der Waals surface area contributed by atoms with E-state index in [1.807, 2.05) is 42.1 Å². The fourth-order valence-electron chi connectivity index (χ4n) is 3.47. The van der Waals surface area contributed by atoms with Crippen LogP contribution >= 0.6 is 0 Å². The number of aromatic nitrogens is 3. The molecule has 2 aromatic heterocycles. The van der Waals surface area contributed by atoms with Gasteiger partial charge in [0, 0.05) is 25.5 Å². The van der Waals surface area contributed by atoms with E-state index in [0.29, 0.717) is 28.6 Å². The zero-order chi connectivity index (χ0) is 23.4. The van der Waals surface area contributed by atoms with E-state index in [2.05, 4.69) is 15.5 Å². The number of rotatable bonds is 8. The summed E-state index contributed by atoms with van der Waals surface area (Å²) in [5.74, 6) is 2.57. The van der Waals surface area contributed by atoms with Crippen molar-refractivity contribution in [3.8, 4) is 28.6 Å². The van der Waals surface area contributed by atoms with Gasteiger partial charge in [0.2, 0.25) is 0 Å². The largest absolute Gasteiger partial charge is 0.497 e. The number of hydrogen-bond acceptors (Lipinski definition) is 7. The first kappa shape index (κ1) is 21.9. The third kappa shape index (κ3) is 4.52. The average molecular weight is 448 g/mol. The summed E-state index contributed by atoms with van der Waals surface area (Å²) in [7, 11) is 6.60. The van der Waals surface area contributed by atoms with Crippen molar-refractivity contribution in [2.24, 2.45) is 7.05 Å². The molecule has 0 spiro atoms. The lowest BCUT2D eigenvalue weighted by Crippen LogP contribution is -2.31. The van der Waals surface area contributed by atoms with E-state index in [1.165, 1.54) is 0 Å². The Bertz CT molecular complexity index is 1250. The highest BCUT2D eigenvalue weighted by molar-refractivity contribution is 5.93.